The molecule has 0 heterocycles. The normalized spacial score (nSPS) is 9.76. The quantitative estimate of drug-likeness (QED) is 0.453. The van der Waals surface area contributed by atoms with Gasteiger partial charge in [0.15, 0.2) is 0 Å². The van der Waals surface area contributed by atoms with Crippen molar-refractivity contribution in [1.82, 2.24) is 4.90 Å². The fraction of sp³-hybridized carbons (Fsp3) is 0.727. The molecular formula is C11H18N2O4. The van der Waals surface area contributed by atoms with Crippen LogP contribution in [0.1, 0.15) is 13.8 Å². The SMILES string of the molecule is [C-]#[N+]CCN(CCOC(C)=O)CCOC(C)=O. The minimum Gasteiger partial charge on any atom is -0.465 e. The molecule has 6 nitrogen and oxygen atoms in total. The van der Waals surface area contributed by atoms with Crippen LogP contribution in [0.15, 0.2) is 0 Å². The van der Waals surface area contributed by atoms with Gasteiger partial charge >= 0.3 is 11.9 Å². The van der Waals surface area contributed by atoms with E-state index >= 15 is 0 Å². The van der Waals surface area contributed by atoms with Crippen LogP contribution >= 0.6 is 0 Å². The molecule has 0 aromatic carbocycles. The summed E-state index contributed by atoms with van der Waals surface area (Å²) in [6.07, 6.45) is 0. The van der Waals surface area contributed by atoms with Gasteiger partial charge in [-0.1, -0.05) is 0 Å². The molecule has 0 saturated heterocycles. The van der Waals surface area contributed by atoms with Gasteiger partial charge in [0.2, 0.25) is 6.54 Å². The van der Waals surface area contributed by atoms with Crippen LogP contribution in [-0.2, 0) is 19.1 Å². The zero-order valence-corrected chi connectivity index (χ0v) is 10.3. The first-order chi connectivity index (χ1) is 8.06. The zero-order valence-electron chi connectivity index (χ0n) is 10.3. The third-order valence-electron chi connectivity index (χ3n) is 1.95. The van der Waals surface area contributed by atoms with Gasteiger partial charge in [-0.25, -0.2) is 6.57 Å². The molecule has 0 fully saturated rings. The van der Waals surface area contributed by atoms with Crippen molar-refractivity contribution < 1.29 is 19.1 Å². The van der Waals surface area contributed by atoms with Crippen molar-refractivity contribution in [2.75, 3.05) is 39.4 Å². The second-order valence-electron chi connectivity index (χ2n) is 3.40. The Morgan fingerprint density at radius 1 is 1.06 bits per heavy atom. The molecule has 0 spiro atoms. The average molecular weight is 242 g/mol. The number of carbonyl (C=O) groups is 2. The Kier molecular flexibility index (Phi) is 8.69. The van der Waals surface area contributed by atoms with Gasteiger partial charge in [-0.15, -0.1) is 0 Å². The maximum atomic E-state index is 10.6. The van der Waals surface area contributed by atoms with Crippen LogP contribution < -0.4 is 0 Å². The highest BCUT2D eigenvalue weighted by Gasteiger charge is 2.07. The van der Waals surface area contributed by atoms with Crippen LogP contribution in [0.25, 0.3) is 4.85 Å². The summed E-state index contributed by atoms with van der Waals surface area (Å²) in [7, 11) is 0. The summed E-state index contributed by atoms with van der Waals surface area (Å²) in [6, 6.07) is 0. The Labute approximate surface area is 101 Å². The Balaban J connectivity index is 3.83. The lowest BCUT2D eigenvalue weighted by molar-refractivity contribution is -0.141. The van der Waals surface area contributed by atoms with Gasteiger partial charge in [0.1, 0.15) is 13.2 Å². The minimum atomic E-state index is -0.324. The maximum Gasteiger partial charge on any atom is 0.302 e. The summed E-state index contributed by atoms with van der Waals surface area (Å²) in [6.45, 7) is 12.0. The molecule has 0 aliphatic rings. The highest BCUT2D eigenvalue weighted by atomic mass is 16.5. The molecule has 0 rings (SSSR count). The van der Waals surface area contributed by atoms with Crippen LogP contribution in [0.4, 0.5) is 0 Å². The van der Waals surface area contributed by atoms with E-state index in [0.717, 1.165) is 0 Å². The van der Waals surface area contributed by atoms with E-state index in [9.17, 15) is 9.59 Å². The van der Waals surface area contributed by atoms with Gasteiger partial charge in [0.25, 0.3) is 0 Å². The van der Waals surface area contributed by atoms with Crippen LogP contribution in [0.3, 0.4) is 0 Å². The summed E-state index contributed by atoms with van der Waals surface area (Å²) in [5.41, 5.74) is 0. The third-order valence-corrected chi connectivity index (χ3v) is 1.95. The second kappa shape index (κ2) is 9.60. The summed E-state index contributed by atoms with van der Waals surface area (Å²) in [5.74, 6) is -0.648. The lowest BCUT2D eigenvalue weighted by Crippen LogP contribution is -2.33. The Morgan fingerprint density at radius 3 is 1.88 bits per heavy atom. The van der Waals surface area contributed by atoms with Gasteiger partial charge in [0, 0.05) is 26.9 Å². The van der Waals surface area contributed by atoms with Crippen molar-refractivity contribution in [3.05, 3.63) is 11.4 Å². The molecule has 6 heteroatoms. The Bertz CT molecular complexity index is 266. The number of hydrogen-bond acceptors (Lipinski definition) is 5. The number of ether oxygens (including phenoxy) is 2. The third kappa shape index (κ3) is 10.7. The fourth-order valence-electron chi connectivity index (χ4n) is 1.16. The number of hydrogen-bond donors (Lipinski definition) is 0. The van der Waals surface area contributed by atoms with Gasteiger partial charge in [-0.05, 0) is 0 Å². The lowest BCUT2D eigenvalue weighted by Gasteiger charge is -2.19. The van der Waals surface area contributed by atoms with E-state index in [1.165, 1.54) is 13.8 Å². The first-order valence-electron chi connectivity index (χ1n) is 5.38. The first-order valence-corrected chi connectivity index (χ1v) is 5.38. The number of rotatable bonds is 8. The molecule has 17 heavy (non-hydrogen) atoms. The van der Waals surface area contributed by atoms with E-state index in [2.05, 4.69) is 4.85 Å². The molecule has 96 valence electrons. The van der Waals surface area contributed by atoms with Gasteiger partial charge in [-0.3, -0.25) is 14.5 Å². The molecular weight excluding hydrogens is 224 g/mol. The Hall–Kier alpha value is -1.61. The van der Waals surface area contributed by atoms with E-state index in [4.69, 9.17) is 16.0 Å². The molecule has 0 N–H and O–H groups in total. The summed E-state index contributed by atoms with van der Waals surface area (Å²) >= 11 is 0. The topological polar surface area (TPSA) is 60.2 Å². The Morgan fingerprint density at radius 2 is 1.53 bits per heavy atom. The highest BCUT2D eigenvalue weighted by Crippen LogP contribution is 1.91. The van der Waals surface area contributed by atoms with Crippen LogP contribution in [0.2, 0.25) is 0 Å². The van der Waals surface area contributed by atoms with Crippen molar-refractivity contribution in [2.45, 2.75) is 13.8 Å². The van der Waals surface area contributed by atoms with Crippen molar-refractivity contribution in [3.8, 4) is 0 Å². The molecule has 0 saturated carbocycles. The van der Waals surface area contributed by atoms with Crippen LogP contribution in [-0.4, -0.2) is 56.2 Å². The van der Waals surface area contributed by atoms with Crippen LogP contribution in [0.5, 0.6) is 0 Å². The van der Waals surface area contributed by atoms with Gasteiger partial charge in [0.05, 0.1) is 6.54 Å². The van der Waals surface area contributed by atoms with Gasteiger partial charge < -0.3 is 14.3 Å². The zero-order chi connectivity index (χ0) is 13.1. The van der Waals surface area contributed by atoms with E-state index in [-0.39, 0.29) is 25.2 Å². The van der Waals surface area contributed by atoms with E-state index in [0.29, 0.717) is 26.2 Å². The first kappa shape index (κ1) is 15.4. The average Bonchev–Trinajstić information content (AvgIpc) is 2.24. The molecule has 0 aliphatic heterocycles. The fourth-order valence-corrected chi connectivity index (χ4v) is 1.16. The predicted molar refractivity (Wildman–Crippen MR) is 61.2 cm³/mol. The number of nitrogens with zero attached hydrogens (tertiary/aromatic N) is 2. The summed E-state index contributed by atoms with van der Waals surface area (Å²) in [4.78, 5) is 26.3. The number of esters is 2. The molecule has 0 aromatic heterocycles. The number of carbonyl (C=O) groups excluding carboxylic acids is 2. The van der Waals surface area contributed by atoms with E-state index in [1.807, 2.05) is 4.90 Å². The lowest BCUT2D eigenvalue weighted by atomic mass is 10.4. The van der Waals surface area contributed by atoms with E-state index < -0.39 is 0 Å². The smallest absolute Gasteiger partial charge is 0.302 e. The van der Waals surface area contributed by atoms with Crippen molar-refractivity contribution >= 4 is 11.9 Å². The minimum absolute atomic E-state index is 0.285. The largest absolute Gasteiger partial charge is 0.465 e. The monoisotopic (exact) mass is 242 g/mol. The molecule has 0 atom stereocenters. The molecule has 0 amide bonds. The summed E-state index contributed by atoms with van der Waals surface area (Å²) in [5, 5.41) is 0. The predicted octanol–water partition coefficient (Wildman–Crippen LogP) is 0.334. The molecule has 0 radical (unpaired) electrons. The van der Waals surface area contributed by atoms with Crippen molar-refractivity contribution in [2.24, 2.45) is 0 Å². The molecule has 0 aliphatic carbocycles. The highest BCUT2D eigenvalue weighted by molar-refractivity contribution is 5.66. The summed E-state index contributed by atoms with van der Waals surface area (Å²) < 4.78 is 9.63. The second-order valence-corrected chi connectivity index (χ2v) is 3.40. The van der Waals surface area contributed by atoms with Crippen LogP contribution in [0, 0.1) is 6.57 Å². The molecule has 0 aromatic rings. The molecule has 0 unspecified atom stereocenters. The van der Waals surface area contributed by atoms with Crippen molar-refractivity contribution in [3.63, 3.8) is 0 Å². The molecule has 0 bridgehead atoms. The maximum absolute atomic E-state index is 10.6. The van der Waals surface area contributed by atoms with Crippen molar-refractivity contribution in [1.29, 1.82) is 0 Å². The van der Waals surface area contributed by atoms with Gasteiger partial charge in [-0.2, -0.15) is 0 Å². The van der Waals surface area contributed by atoms with E-state index in [1.54, 1.807) is 0 Å². The standard InChI is InChI=1S/C11H18N2O4/c1-10(14)16-8-6-13(5-4-12-3)7-9-17-11(2)15/h4-9H2,1-2H3.